The highest BCUT2D eigenvalue weighted by Crippen LogP contribution is 2.29. The zero-order chi connectivity index (χ0) is 21.0. The molecule has 0 aliphatic carbocycles. The maximum atomic E-state index is 12.8. The number of imide groups is 2. The molecule has 1 aliphatic heterocycles. The van der Waals surface area contributed by atoms with E-state index in [1.807, 2.05) is 0 Å². The van der Waals surface area contributed by atoms with Gasteiger partial charge in [-0.1, -0.05) is 24.3 Å². The van der Waals surface area contributed by atoms with Gasteiger partial charge in [0.2, 0.25) is 0 Å². The number of anilines is 1. The van der Waals surface area contributed by atoms with Crippen molar-refractivity contribution < 1.29 is 33.8 Å². The normalized spacial score (nSPS) is 15.3. The number of aliphatic carboxylic acids is 1. The van der Waals surface area contributed by atoms with Crippen LogP contribution in [0, 0.1) is 0 Å². The zero-order valence-electron chi connectivity index (χ0n) is 15.2. The van der Waals surface area contributed by atoms with Crippen LogP contribution in [-0.4, -0.2) is 37.5 Å². The number of carbonyl (C=O) groups is 4. The summed E-state index contributed by atoms with van der Waals surface area (Å²) in [6, 6.07) is 11.7. The number of barbiturate groups is 1. The molecule has 0 aromatic heterocycles. The van der Waals surface area contributed by atoms with Crippen LogP contribution >= 0.6 is 0 Å². The molecule has 9 heteroatoms. The lowest BCUT2D eigenvalue weighted by Gasteiger charge is -2.26. The number of ether oxygens (including phenoxy) is 2. The van der Waals surface area contributed by atoms with Gasteiger partial charge < -0.3 is 19.4 Å². The minimum atomic E-state index is -1.40. The van der Waals surface area contributed by atoms with E-state index < -0.39 is 30.4 Å². The minimum absolute atomic E-state index is 0.152. The second kappa shape index (κ2) is 8.26. The van der Waals surface area contributed by atoms with Crippen LogP contribution in [-0.2, 0) is 14.4 Å². The van der Waals surface area contributed by atoms with Gasteiger partial charge in [0.05, 0.1) is 18.8 Å². The Labute approximate surface area is 165 Å². The van der Waals surface area contributed by atoms with Crippen LogP contribution in [0.2, 0.25) is 0 Å². The Kier molecular flexibility index (Phi) is 5.59. The first-order chi connectivity index (χ1) is 13.9. The van der Waals surface area contributed by atoms with Crippen molar-refractivity contribution in [2.24, 2.45) is 0 Å². The number of methoxy groups -OCH3 is 1. The molecule has 29 heavy (non-hydrogen) atoms. The molecule has 0 radical (unpaired) electrons. The predicted molar refractivity (Wildman–Crippen MR) is 98.9 cm³/mol. The third-order valence-electron chi connectivity index (χ3n) is 3.96. The SMILES string of the molecule is COc1cc(/C=C2/C(=O)NC(=O)N(c3ccccc3)C2=O)ccc1OCC(=O)[O-]. The summed E-state index contributed by atoms with van der Waals surface area (Å²) >= 11 is 0. The van der Waals surface area contributed by atoms with Gasteiger partial charge in [-0.2, -0.15) is 0 Å². The largest absolute Gasteiger partial charge is 0.546 e. The molecule has 0 atom stereocenters. The van der Waals surface area contributed by atoms with Gasteiger partial charge in [0.25, 0.3) is 11.8 Å². The number of nitrogens with one attached hydrogen (secondary N) is 1. The lowest BCUT2D eigenvalue weighted by Crippen LogP contribution is -2.54. The average molecular weight is 395 g/mol. The van der Waals surface area contributed by atoms with Crippen molar-refractivity contribution in [1.82, 2.24) is 5.32 Å². The molecule has 2 aromatic rings. The van der Waals surface area contributed by atoms with E-state index in [4.69, 9.17) is 9.47 Å². The lowest BCUT2D eigenvalue weighted by molar-refractivity contribution is -0.307. The van der Waals surface area contributed by atoms with Gasteiger partial charge in [0, 0.05) is 0 Å². The molecule has 0 saturated carbocycles. The van der Waals surface area contributed by atoms with Crippen LogP contribution in [0.15, 0.2) is 54.1 Å². The van der Waals surface area contributed by atoms with Gasteiger partial charge in [-0.15, -0.1) is 0 Å². The molecule has 1 heterocycles. The van der Waals surface area contributed by atoms with Crippen LogP contribution in [0.25, 0.3) is 6.08 Å². The van der Waals surface area contributed by atoms with Gasteiger partial charge in [-0.3, -0.25) is 14.9 Å². The molecule has 2 aromatic carbocycles. The minimum Gasteiger partial charge on any atom is -0.546 e. The van der Waals surface area contributed by atoms with E-state index in [2.05, 4.69) is 5.32 Å². The van der Waals surface area contributed by atoms with Crippen molar-refractivity contribution in [3.05, 3.63) is 59.7 Å². The van der Waals surface area contributed by atoms with Crippen molar-refractivity contribution in [2.45, 2.75) is 0 Å². The highest BCUT2D eigenvalue weighted by molar-refractivity contribution is 6.39. The highest BCUT2D eigenvalue weighted by Gasteiger charge is 2.36. The number of hydrogen-bond acceptors (Lipinski definition) is 7. The second-order valence-electron chi connectivity index (χ2n) is 5.86. The molecule has 1 saturated heterocycles. The van der Waals surface area contributed by atoms with E-state index in [0.717, 1.165) is 4.90 Å². The maximum Gasteiger partial charge on any atom is 0.335 e. The number of amides is 4. The van der Waals surface area contributed by atoms with Crippen molar-refractivity contribution >= 4 is 35.6 Å². The van der Waals surface area contributed by atoms with Gasteiger partial charge in [-0.05, 0) is 35.9 Å². The van der Waals surface area contributed by atoms with E-state index >= 15 is 0 Å². The van der Waals surface area contributed by atoms with Gasteiger partial charge in [-0.25, -0.2) is 9.69 Å². The van der Waals surface area contributed by atoms with Crippen molar-refractivity contribution in [3.8, 4) is 11.5 Å². The highest BCUT2D eigenvalue weighted by atomic mass is 16.5. The van der Waals surface area contributed by atoms with Crippen LogP contribution in [0.1, 0.15) is 5.56 Å². The first-order valence-electron chi connectivity index (χ1n) is 8.38. The fraction of sp³-hybridized carbons (Fsp3) is 0.100. The molecule has 0 spiro atoms. The summed E-state index contributed by atoms with van der Waals surface area (Å²) < 4.78 is 10.2. The van der Waals surface area contributed by atoms with Crippen molar-refractivity contribution in [1.29, 1.82) is 0 Å². The van der Waals surface area contributed by atoms with E-state index in [1.54, 1.807) is 30.3 Å². The van der Waals surface area contributed by atoms with E-state index in [9.17, 15) is 24.3 Å². The fourth-order valence-electron chi connectivity index (χ4n) is 2.67. The number of carboxylic acids is 1. The molecule has 0 unspecified atom stereocenters. The fourth-order valence-corrected chi connectivity index (χ4v) is 2.67. The van der Waals surface area contributed by atoms with Crippen molar-refractivity contribution in [2.75, 3.05) is 18.6 Å². The summed E-state index contributed by atoms with van der Waals surface area (Å²) in [6.07, 6.45) is 1.30. The topological polar surface area (TPSA) is 125 Å². The Hall–Kier alpha value is -4.14. The number of para-hydroxylation sites is 1. The summed E-state index contributed by atoms with van der Waals surface area (Å²) in [6.45, 7) is -0.661. The quantitative estimate of drug-likeness (QED) is 0.557. The first kappa shape index (κ1) is 19.6. The molecule has 0 bridgehead atoms. The van der Waals surface area contributed by atoms with E-state index in [-0.39, 0.29) is 17.1 Å². The monoisotopic (exact) mass is 395 g/mol. The third kappa shape index (κ3) is 4.24. The molecule has 1 aliphatic rings. The lowest BCUT2D eigenvalue weighted by atomic mass is 10.1. The summed E-state index contributed by atoms with van der Waals surface area (Å²) in [7, 11) is 1.35. The summed E-state index contributed by atoms with van der Waals surface area (Å²) in [4.78, 5) is 48.6. The Morgan fingerprint density at radius 2 is 1.83 bits per heavy atom. The molecule has 148 valence electrons. The van der Waals surface area contributed by atoms with Gasteiger partial charge >= 0.3 is 6.03 Å². The number of carboxylic acid groups (broad SMARTS) is 1. The van der Waals surface area contributed by atoms with E-state index in [1.165, 1.54) is 31.4 Å². The molecular weight excluding hydrogens is 380 g/mol. The molecule has 9 nitrogen and oxygen atoms in total. The number of benzene rings is 2. The Morgan fingerprint density at radius 1 is 1.10 bits per heavy atom. The Balaban J connectivity index is 1.93. The summed E-state index contributed by atoms with van der Waals surface area (Å²) in [5, 5.41) is 12.7. The number of carbonyl (C=O) groups excluding carboxylic acids is 4. The van der Waals surface area contributed by atoms with Crippen LogP contribution in [0.4, 0.5) is 10.5 Å². The van der Waals surface area contributed by atoms with Gasteiger partial charge in [0.15, 0.2) is 11.5 Å². The van der Waals surface area contributed by atoms with E-state index in [0.29, 0.717) is 11.3 Å². The molecular formula is C20H15N2O7-. The van der Waals surface area contributed by atoms with Crippen LogP contribution in [0.3, 0.4) is 0 Å². The Bertz CT molecular complexity index is 1010. The van der Waals surface area contributed by atoms with Crippen LogP contribution in [0.5, 0.6) is 11.5 Å². The number of rotatable bonds is 6. The average Bonchev–Trinajstić information content (AvgIpc) is 2.70. The standard InChI is InChI=1S/C20H16N2O7/c1-28-16-10-12(7-8-15(16)29-11-17(23)24)9-14-18(25)21-20(27)22(19(14)26)13-5-3-2-4-6-13/h2-10H,11H2,1H3,(H,23,24)(H,21,25,27)/p-1/b14-9-. The molecule has 1 fully saturated rings. The zero-order valence-corrected chi connectivity index (χ0v) is 15.2. The molecule has 4 amide bonds. The second-order valence-corrected chi connectivity index (χ2v) is 5.86. The summed E-state index contributed by atoms with van der Waals surface area (Å²) in [5.74, 6) is -2.65. The number of urea groups is 1. The third-order valence-corrected chi connectivity index (χ3v) is 3.96. The smallest absolute Gasteiger partial charge is 0.335 e. The molecule has 1 N–H and O–H groups in total. The van der Waals surface area contributed by atoms with Gasteiger partial charge in [0.1, 0.15) is 12.2 Å². The molecule has 3 rings (SSSR count). The Morgan fingerprint density at radius 3 is 2.48 bits per heavy atom. The summed E-state index contributed by atoms with van der Waals surface area (Å²) in [5.41, 5.74) is 0.472. The van der Waals surface area contributed by atoms with Crippen molar-refractivity contribution in [3.63, 3.8) is 0 Å². The van der Waals surface area contributed by atoms with Crippen LogP contribution < -0.4 is 24.8 Å². The predicted octanol–water partition coefficient (Wildman–Crippen LogP) is 0.490. The first-order valence-corrected chi connectivity index (χ1v) is 8.38. The maximum absolute atomic E-state index is 12.8. The number of nitrogens with zero attached hydrogens (tertiary/aromatic N) is 1. The number of hydrogen-bond donors (Lipinski definition) is 1.